The fraction of sp³-hybridized carbons (Fsp3) is 0. The van der Waals surface area contributed by atoms with Gasteiger partial charge in [-0.1, -0.05) is 91.0 Å². The predicted octanol–water partition coefficient (Wildman–Crippen LogP) is 9.01. The molecule has 0 saturated carbocycles. The Kier molecular flexibility index (Phi) is 6.05. The molecule has 0 N–H and O–H groups in total. The third kappa shape index (κ3) is 4.83. The summed E-state index contributed by atoms with van der Waals surface area (Å²) in [5.74, 6) is 0. The first-order chi connectivity index (χ1) is 21.3. The van der Waals surface area contributed by atoms with E-state index < -0.39 is 0 Å². The van der Waals surface area contributed by atoms with Crippen LogP contribution in [0.4, 0.5) is 0 Å². The number of fused-ring (bicyclic) bond motifs is 2. The zero-order valence-corrected chi connectivity index (χ0v) is 23.2. The van der Waals surface area contributed by atoms with Gasteiger partial charge in [-0.05, 0) is 53.4 Å². The van der Waals surface area contributed by atoms with Crippen LogP contribution in [0, 0.1) is 0 Å². The minimum atomic E-state index is 0.794. The van der Waals surface area contributed by atoms with Crippen LogP contribution in [0.3, 0.4) is 0 Å². The molecule has 5 heterocycles. The fourth-order valence-electron chi connectivity index (χ4n) is 5.47. The second kappa shape index (κ2) is 10.5. The van der Waals surface area contributed by atoms with E-state index in [2.05, 4.69) is 102 Å². The van der Waals surface area contributed by atoms with Crippen molar-refractivity contribution in [2.75, 3.05) is 0 Å². The highest BCUT2D eigenvalue weighted by Crippen LogP contribution is 2.32. The molecule has 5 aromatic heterocycles. The molecule has 202 valence electrons. The number of benzene rings is 3. The van der Waals surface area contributed by atoms with Gasteiger partial charge in [-0.2, -0.15) is 5.10 Å². The van der Waals surface area contributed by atoms with Gasteiger partial charge in [0, 0.05) is 46.2 Å². The average Bonchev–Trinajstić information content (AvgIpc) is 3.51. The van der Waals surface area contributed by atoms with Crippen molar-refractivity contribution >= 4 is 16.3 Å². The quantitative estimate of drug-likeness (QED) is 0.214. The monoisotopic (exact) mass is 551 g/mol. The zero-order valence-electron chi connectivity index (χ0n) is 23.2. The van der Waals surface area contributed by atoms with E-state index in [4.69, 9.17) is 15.1 Å². The van der Waals surface area contributed by atoms with Crippen molar-refractivity contribution in [1.82, 2.24) is 24.6 Å². The molecule has 3 aromatic carbocycles. The number of nitrogens with zero attached hydrogens (tertiary/aromatic N) is 5. The lowest BCUT2D eigenvalue weighted by atomic mass is 10.0. The van der Waals surface area contributed by atoms with Crippen LogP contribution >= 0.6 is 0 Å². The highest BCUT2D eigenvalue weighted by atomic mass is 15.2. The standard InChI is InChI=1S/C38H25N5/c1-2-8-26(9-3-1)30-17-18-35(40-24-30)32-21-36(28-15-13-27(14-16-28)34-12-6-7-19-39-34)41-37(22-32)38-23-33-20-29-10-4-5-11-31(29)25-43(33)42-38/h1-25H. The molecule has 0 aliphatic rings. The summed E-state index contributed by atoms with van der Waals surface area (Å²) in [5, 5.41) is 7.26. The summed E-state index contributed by atoms with van der Waals surface area (Å²) in [5.41, 5.74) is 10.6. The summed E-state index contributed by atoms with van der Waals surface area (Å²) in [6.07, 6.45) is 5.82. The number of aromatic nitrogens is 5. The summed E-state index contributed by atoms with van der Waals surface area (Å²) in [6, 6.07) is 45.6. The minimum Gasteiger partial charge on any atom is -0.256 e. The van der Waals surface area contributed by atoms with Gasteiger partial charge in [0.1, 0.15) is 5.69 Å². The van der Waals surface area contributed by atoms with Gasteiger partial charge in [0.05, 0.1) is 28.3 Å². The zero-order chi connectivity index (χ0) is 28.6. The lowest BCUT2D eigenvalue weighted by Gasteiger charge is -2.10. The van der Waals surface area contributed by atoms with Crippen LogP contribution in [0.15, 0.2) is 152 Å². The average molecular weight is 552 g/mol. The van der Waals surface area contributed by atoms with Crippen molar-refractivity contribution in [3.8, 4) is 56.3 Å². The van der Waals surface area contributed by atoms with E-state index in [0.29, 0.717) is 0 Å². The Hall–Kier alpha value is -5.94. The van der Waals surface area contributed by atoms with Crippen molar-refractivity contribution in [3.63, 3.8) is 0 Å². The maximum Gasteiger partial charge on any atom is 0.112 e. The second-order valence-corrected chi connectivity index (χ2v) is 10.5. The molecule has 0 amide bonds. The molecular weight excluding hydrogens is 526 g/mol. The van der Waals surface area contributed by atoms with Gasteiger partial charge >= 0.3 is 0 Å². The van der Waals surface area contributed by atoms with Gasteiger partial charge < -0.3 is 0 Å². The van der Waals surface area contributed by atoms with E-state index in [0.717, 1.165) is 67.2 Å². The van der Waals surface area contributed by atoms with E-state index in [1.54, 1.807) is 0 Å². The van der Waals surface area contributed by atoms with Gasteiger partial charge in [-0.25, -0.2) is 9.50 Å². The van der Waals surface area contributed by atoms with Crippen molar-refractivity contribution < 1.29 is 0 Å². The topological polar surface area (TPSA) is 56.0 Å². The van der Waals surface area contributed by atoms with Crippen LogP contribution in [0.2, 0.25) is 0 Å². The Morgan fingerprint density at radius 3 is 1.88 bits per heavy atom. The minimum absolute atomic E-state index is 0.794. The Morgan fingerprint density at radius 2 is 1.12 bits per heavy atom. The molecule has 0 fully saturated rings. The second-order valence-electron chi connectivity index (χ2n) is 10.5. The highest BCUT2D eigenvalue weighted by molar-refractivity contribution is 5.86. The van der Waals surface area contributed by atoms with Gasteiger partial charge in [0.25, 0.3) is 0 Å². The van der Waals surface area contributed by atoms with Crippen molar-refractivity contribution in [2.45, 2.75) is 0 Å². The fourth-order valence-corrected chi connectivity index (χ4v) is 5.47. The smallest absolute Gasteiger partial charge is 0.112 e. The Balaban J connectivity index is 1.24. The summed E-state index contributed by atoms with van der Waals surface area (Å²) in [7, 11) is 0. The number of hydrogen-bond acceptors (Lipinski definition) is 4. The van der Waals surface area contributed by atoms with Gasteiger partial charge in [-0.15, -0.1) is 0 Å². The molecule has 8 aromatic rings. The third-order valence-electron chi connectivity index (χ3n) is 7.72. The first kappa shape index (κ1) is 24.8. The van der Waals surface area contributed by atoms with Crippen molar-refractivity contribution in [1.29, 1.82) is 0 Å². The van der Waals surface area contributed by atoms with Gasteiger partial charge in [0.15, 0.2) is 0 Å². The summed E-state index contributed by atoms with van der Waals surface area (Å²) >= 11 is 0. The number of pyridine rings is 4. The molecule has 43 heavy (non-hydrogen) atoms. The van der Waals surface area contributed by atoms with Crippen LogP contribution in [0.25, 0.3) is 72.6 Å². The largest absolute Gasteiger partial charge is 0.256 e. The maximum absolute atomic E-state index is 5.11. The summed E-state index contributed by atoms with van der Waals surface area (Å²) in [6.45, 7) is 0. The number of hydrogen-bond donors (Lipinski definition) is 0. The van der Waals surface area contributed by atoms with E-state index in [9.17, 15) is 0 Å². The molecule has 0 radical (unpaired) electrons. The first-order valence-electron chi connectivity index (χ1n) is 14.2. The molecular formula is C38H25N5. The van der Waals surface area contributed by atoms with Crippen LogP contribution in [-0.4, -0.2) is 24.6 Å². The maximum atomic E-state index is 5.11. The van der Waals surface area contributed by atoms with Crippen LogP contribution in [0.1, 0.15) is 0 Å². The van der Waals surface area contributed by atoms with Crippen LogP contribution in [-0.2, 0) is 0 Å². The SMILES string of the molecule is c1ccc(-c2ccc(-c3cc(-c4ccc(-c5ccccn5)cc4)nc(-c4cc5cc6ccccc6cn5n4)c3)nc2)cc1. The van der Waals surface area contributed by atoms with E-state index in [1.807, 2.05) is 59.4 Å². The normalized spacial score (nSPS) is 11.3. The van der Waals surface area contributed by atoms with Gasteiger partial charge in [0.2, 0.25) is 0 Å². The van der Waals surface area contributed by atoms with Crippen LogP contribution in [0.5, 0.6) is 0 Å². The molecule has 8 rings (SSSR count). The molecule has 0 aliphatic heterocycles. The van der Waals surface area contributed by atoms with Crippen molar-refractivity contribution in [3.05, 3.63) is 152 Å². The lowest BCUT2D eigenvalue weighted by Crippen LogP contribution is -1.94. The Morgan fingerprint density at radius 1 is 0.419 bits per heavy atom. The van der Waals surface area contributed by atoms with E-state index in [-0.39, 0.29) is 0 Å². The number of rotatable bonds is 5. The third-order valence-corrected chi connectivity index (χ3v) is 7.72. The van der Waals surface area contributed by atoms with Crippen molar-refractivity contribution in [2.24, 2.45) is 0 Å². The Bertz CT molecular complexity index is 2050. The first-order valence-corrected chi connectivity index (χ1v) is 14.2. The molecule has 5 nitrogen and oxygen atoms in total. The molecule has 0 saturated heterocycles. The molecule has 0 bridgehead atoms. The van der Waals surface area contributed by atoms with Gasteiger partial charge in [-0.3, -0.25) is 9.97 Å². The predicted molar refractivity (Wildman–Crippen MR) is 173 cm³/mol. The summed E-state index contributed by atoms with van der Waals surface area (Å²) in [4.78, 5) is 14.5. The van der Waals surface area contributed by atoms with E-state index >= 15 is 0 Å². The highest BCUT2D eigenvalue weighted by Gasteiger charge is 2.14. The molecule has 5 heteroatoms. The molecule has 0 spiro atoms. The molecule has 0 unspecified atom stereocenters. The lowest BCUT2D eigenvalue weighted by molar-refractivity contribution is 0.970. The molecule has 0 aliphatic carbocycles. The Labute approximate surface area is 248 Å². The van der Waals surface area contributed by atoms with Crippen LogP contribution < -0.4 is 0 Å². The summed E-state index contributed by atoms with van der Waals surface area (Å²) < 4.78 is 1.93. The van der Waals surface area contributed by atoms with E-state index in [1.165, 1.54) is 5.39 Å². The molecule has 0 atom stereocenters.